The van der Waals surface area contributed by atoms with Crippen molar-refractivity contribution in [2.24, 2.45) is 0 Å². The van der Waals surface area contributed by atoms with Crippen LogP contribution < -0.4 is 0 Å². The SMILES string of the molecule is CC[C@](C)(O)C#CC#Cc1ccccc1. The third kappa shape index (κ3) is 4.36. The normalized spacial score (nSPS) is 12.7. The van der Waals surface area contributed by atoms with Crippen molar-refractivity contribution in [3.8, 4) is 23.7 Å². The highest BCUT2D eigenvalue weighted by Crippen LogP contribution is 2.04. The predicted octanol–water partition coefficient (Wildman–Crippen LogP) is 2.20. The Labute approximate surface area is 91.1 Å². The predicted molar refractivity (Wildman–Crippen MR) is 62.0 cm³/mol. The summed E-state index contributed by atoms with van der Waals surface area (Å²) in [5.41, 5.74) is 0.00805. The molecule has 1 N–H and O–H groups in total. The van der Waals surface area contributed by atoms with Crippen molar-refractivity contribution in [3.05, 3.63) is 35.9 Å². The van der Waals surface area contributed by atoms with Crippen LogP contribution >= 0.6 is 0 Å². The fourth-order valence-electron chi connectivity index (χ4n) is 0.879. The second-order valence-electron chi connectivity index (χ2n) is 3.49. The van der Waals surface area contributed by atoms with Crippen molar-refractivity contribution < 1.29 is 5.11 Å². The molecule has 0 amide bonds. The van der Waals surface area contributed by atoms with Gasteiger partial charge in [-0.3, -0.25) is 0 Å². The minimum Gasteiger partial charge on any atom is -0.378 e. The molecular formula is C14H14O. The molecule has 0 fully saturated rings. The maximum atomic E-state index is 9.58. The lowest BCUT2D eigenvalue weighted by atomic mass is 10.1. The topological polar surface area (TPSA) is 20.2 Å². The summed E-state index contributed by atoms with van der Waals surface area (Å²) >= 11 is 0. The smallest absolute Gasteiger partial charge is 0.123 e. The van der Waals surface area contributed by atoms with Gasteiger partial charge >= 0.3 is 0 Å². The molecule has 76 valence electrons. The Hall–Kier alpha value is -1.70. The van der Waals surface area contributed by atoms with Crippen LogP contribution in [0, 0.1) is 23.7 Å². The second-order valence-corrected chi connectivity index (χ2v) is 3.49. The molecule has 0 spiro atoms. The number of rotatable bonds is 1. The van der Waals surface area contributed by atoms with Gasteiger partial charge in [-0.25, -0.2) is 0 Å². The molecule has 1 atom stereocenters. The molecule has 0 saturated heterocycles. The summed E-state index contributed by atoms with van der Waals surface area (Å²) in [6.45, 7) is 3.57. The van der Waals surface area contributed by atoms with E-state index in [1.165, 1.54) is 0 Å². The van der Waals surface area contributed by atoms with E-state index in [4.69, 9.17) is 0 Å². The van der Waals surface area contributed by atoms with E-state index in [1.807, 2.05) is 37.3 Å². The molecule has 1 heteroatoms. The van der Waals surface area contributed by atoms with Crippen LogP contribution in [-0.4, -0.2) is 10.7 Å². The van der Waals surface area contributed by atoms with Gasteiger partial charge in [0.15, 0.2) is 0 Å². The first kappa shape index (κ1) is 11.4. The highest BCUT2D eigenvalue weighted by Gasteiger charge is 2.11. The highest BCUT2D eigenvalue weighted by atomic mass is 16.3. The van der Waals surface area contributed by atoms with E-state index in [0.29, 0.717) is 6.42 Å². The molecular weight excluding hydrogens is 184 g/mol. The fourth-order valence-corrected chi connectivity index (χ4v) is 0.879. The summed E-state index contributed by atoms with van der Waals surface area (Å²) in [6.07, 6.45) is 0.604. The van der Waals surface area contributed by atoms with Crippen LogP contribution in [0.5, 0.6) is 0 Å². The molecule has 0 unspecified atom stereocenters. The van der Waals surface area contributed by atoms with Gasteiger partial charge in [0.1, 0.15) is 5.60 Å². The van der Waals surface area contributed by atoms with Gasteiger partial charge < -0.3 is 5.11 Å². The van der Waals surface area contributed by atoms with Gasteiger partial charge in [-0.1, -0.05) is 37.0 Å². The maximum Gasteiger partial charge on any atom is 0.123 e. The molecule has 0 aliphatic carbocycles. The lowest BCUT2D eigenvalue weighted by Crippen LogP contribution is -2.19. The first-order chi connectivity index (χ1) is 7.14. The Morgan fingerprint density at radius 3 is 2.47 bits per heavy atom. The molecule has 0 bridgehead atoms. The molecule has 1 rings (SSSR count). The van der Waals surface area contributed by atoms with Gasteiger partial charge in [-0.05, 0) is 37.3 Å². The lowest BCUT2D eigenvalue weighted by molar-refractivity contribution is 0.118. The van der Waals surface area contributed by atoms with Gasteiger partial charge in [0, 0.05) is 5.56 Å². The van der Waals surface area contributed by atoms with Crippen LogP contribution in [0.1, 0.15) is 25.8 Å². The van der Waals surface area contributed by atoms with Gasteiger partial charge in [-0.15, -0.1) is 0 Å². The van der Waals surface area contributed by atoms with E-state index in [0.717, 1.165) is 5.56 Å². The Bertz CT molecular complexity index is 421. The number of hydrogen-bond acceptors (Lipinski definition) is 1. The van der Waals surface area contributed by atoms with Crippen LogP contribution in [0.3, 0.4) is 0 Å². The summed E-state index contributed by atoms with van der Waals surface area (Å²) < 4.78 is 0. The fraction of sp³-hybridized carbons (Fsp3) is 0.286. The minimum atomic E-state index is -0.925. The summed E-state index contributed by atoms with van der Waals surface area (Å²) in [5.74, 6) is 11.0. The molecule has 0 radical (unpaired) electrons. The molecule has 0 heterocycles. The number of benzene rings is 1. The van der Waals surface area contributed by atoms with Gasteiger partial charge in [-0.2, -0.15) is 0 Å². The van der Waals surface area contributed by atoms with Crippen molar-refractivity contribution in [3.63, 3.8) is 0 Å². The quantitative estimate of drug-likeness (QED) is 0.686. The lowest BCUT2D eigenvalue weighted by Gasteiger charge is -2.10. The zero-order valence-electron chi connectivity index (χ0n) is 9.04. The zero-order valence-corrected chi connectivity index (χ0v) is 9.04. The maximum absolute atomic E-state index is 9.58. The Morgan fingerprint density at radius 2 is 1.87 bits per heavy atom. The van der Waals surface area contributed by atoms with E-state index < -0.39 is 5.60 Å². The van der Waals surface area contributed by atoms with Crippen molar-refractivity contribution >= 4 is 0 Å². The van der Waals surface area contributed by atoms with E-state index in [-0.39, 0.29) is 0 Å². The molecule has 1 aromatic carbocycles. The molecule has 15 heavy (non-hydrogen) atoms. The largest absolute Gasteiger partial charge is 0.378 e. The highest BCUT2D eigenvalue weighted by molar-refractivity contribution is 5.40. The zero-order chi connectivity index (χ0) is 11.1. The van der Waals surface area contributed by atoms with Crippen LogP contribution in [-0.2, 0) is 0 Å². The van der Waals surface area contributed by atoms with E-state index >= 15 is 0 Å². The summed E-state index contributed by atoms with van der Waals surface area (Å²) in [4.78, 5) is 0. The Morgan fingerprint density at radius 1 is 1.20 bits per heavy atom. The monoisotopic (exact) mass is 198 g/mol. The standard InChI is InChI=1S/C14H14O/c1-3-14(2,15)12-8-7-11-13-9-5-4-6-10-13/h4-6,9-10,15H,3H2,1-2H3/t14-/m0/s1. The van der Waals surface area contributed by atoms with Crippen LogP contribution in [0.25, 0.3) is 0 Å². The Balaban J connectivity index is 2.69. The molecule has 0 aliphatic rings. The van der Waals surface area contributed by atoms with Crippen molar-refractivity contribution in [1.82, 2.24) is 0 Å². The molecule has 0 saturated carbocycles. The first-order valence-corrected chi connectivity index (χ1v) is 4.94. The summed E-state index contributed by atoms with van der Waals surface area (Å²) in [5, 5.41) is 9.58. The van der Waals surface area contributed by atoms with E-state index in [1.54, 1.807) is 6.92 Å². The molecule has 0 aliphatic heterocycles. The van der Waals surface area contributed by atoms with Gasteiger partial charge in [0.05, 0.1) is 0 Å². The van der Waals surface area contributed by atoms with Crippen molar-refractivity contribution in [1.29, 1.82) is 0 Å². The third-order valence-electron chi connectivity index (χ3n) is 2.06. The van der Waals surface area contributed by atoms with Gasteiger partial charge in [0.25, 0.3) is 0 Å². The minimum absolute atomic E-state index is 0.604. The van der Waals surface area contributed by atoms with Crippen LogP contribution in [0.2, 0.25) is 0 Å². The van der Waals surface area contributed by atoms with E-state index in [2.05, 4.69) is 23.7 Å². The number of hydrogen-bond donors (Lipinski definition) is 1. The van der Waals surface area contributed by atoms with Crippen LogP contribution in [0.4, 0.5) is 0 Å². The average molecular weight is 198 g/mol. The Kier molecular flexibility index (Phi) is 3.98. The first-order valence-electron chi connectivity index (χ1n) is 4.94. The molecule has 1 aromatic rings. The van der Waals surface area contributed by atoms with Gasteiger partial charge in [0.2, 0.25) is 0 Å². The molecule has 1 nitrogen and oxygen atoms in total. The van der Waals surface area contributed by atoms with E-state index in [9.17, 15) is 5.11 Å². The average Bonchev–Trinajstić information content (AvgIpc) is 2.26. The van der Waals surface area contributed by atoms with Crippen molar-refractivity contribution in [2.45, 2.75) is 25.9 Å². The number of aliphatic hydroxyl groups is 1. The second kappa shape index (κ2) is 5.25. The molecule has 0 aromatic heterocycles. The van der Waals surface area contributed by atoms with Crippen molar-refractivity contribution in [2.75, 3.05) is 0 Å². The summed E-state index contributed by atoms with van der Waals surface area (Å²) in [6, 6.07) is 9.65. The summed E-state index contributed by atoms with van der Waals surface area (Å²) in [7, 11) is 0. The third-order valence-corrected chi connectivity index (χ3v) is 2.06. The van der Waals surface area contributed by atoms with Crippen LogP contribution in [0.15, 0.2) is 30.3 Å².